The van der Waals surface area contributed by atoms with Crippen LogP contribution in [0.4, 0.5) is 28.0 Å². The van der Waals surface area contributed by atoms with Crippen molar-refractivity contribution in [1.82, 2.24) is 34.5 Å². The number of carboxylic acids is 1. The SMILES string of the molecule is CC(C)(CC(=O)N[C@@H](CCCN=C(N)N)C(=O)O)OC(=O)N1CCC2(CC1)C(=O)N(Cc1nc3cc(Cl)ccc3n1CCCCOCCOCCOCCOCCOCc1cn(CCOCCOCCOCCOCCC(=O)Oc3c(F)c(F)cc(F)c3F)[nH]1)c1cnccc12. The highest BCUT2D eigenvalue weighted by atomic mass is 35.5. The lowest BCUT2D eigenvalue weighted by Crippen LogP contribution is -2.51. The van der Waals surface area contributed by atoms with Gasteiger partial charge in [0.2, 0.25) is 29.2 Å². The van der Waals surface area contributed by atoms with Crippen molar-refractivity contribution in [1.29, 1.82) is 0 Å². The number of unbranched alkanes of at least 4 members (excludes halogenated alkanes) is 1. The molecule has 0 radical (unpaired) electrons. The number of H-pyrrole nitrogens is 1. The first kappa shape index (κ1) is 75.8. The number of carboxylic acid groups (broad SMARTS) is 1. The van der Waals surface area contributed by atoms with E-state index in [-0.39, 0.29) is 83.4 Å². The van der Waals surface area contributed by atoms with Gasteiger partial charge in [-0.05, 0) is 82.2 Å². The number of halogens is 5. The monoisotopic (exact) mass is 1380 g/mol. The molecule has 0 aliphatic carbocycles. The van der Waals surface area contributed by atoms with Gasteiger partial charge in [-0.2, -0.15) is 8.78 Å². The number of nitrogens with one attached hydrogen (secondary N) is 2. The minimum Gasteiger partial charge on any atom is -0.480 e. The highest BCUT2D eigenvalue weighted by Crippen LogP contribution is 2.48. The molecule has 3 aromatic heterocycles. The molecular weight excluding hydrogens is 1290 g/mol. The molecule has 7 N–H and O–H groups in total. The van der Waals surface area contributed by atoms with Crippen LogP contribution in [0.25, 0.3) is 11.0 Å². The van der Waals surface area contributed by atoms with E-state index in [0.29, 0.717) is 147 Å². The number of nitrogens with zero attached hydrogens (tertiary/aromatic N) is 7. The summed E-state index contributed by atoms with van der Waals surface area (Å²) in [5.41, 5.74) is 12.5. The quantitative estimate of drug-likeness (QED) is 0.00593. The number of aromatic nitrogens is 5. The van der Waals surface area contributed by atoms with E-state index in [9.17, 15) is 46.6 Å². The lowest BCUT2D eigenvalue weighted by atomic mass is 9.74. The van der Waals surface area contributed by atoms with Gasteiger partial charge in [0.05, 0.1) is 172 Å². The number of aliphatic imine (C=N–C) groups is 1. The Labute approximate surface area is 557 Å². The summed E-state index contributed by atoms with van der Waals surface area (Å²) in [6.07, 6.45) is 6.50. The molecule has 7 rings (SSSR count). The number of carbonyl (C=O) groups is 5. The first-order valence-corrected chi connectivity index (χ1v) is 32.1. The molecule has 1 spiro atoms. The fourth-order valence-electron chi connectivity index (χ4n) is 10.6. The maximum Gasteiger partial charge on any atom is 0.410 e. The second kappa shape index (κ2) is 39.0. The number of benzene rings is 2. The molecule has 530 valence electrons. The molecule has 33 heteroatoms. The van der Waals surface area contributed by atoms with Crippen molar-refractivity contribution in [2.45, 2.75) is 109 Å². The number of ether oxygens (including phenoxy) is 11. The second-order valence-electron chi connectivity index (χ2n) is 23.0. The Bertz CT molecular complexity index is 3290. The van der Waals surface area contributed by atoms with E-state index in [1.165, 1.54) is 4.90 Å². The number of esters is 1. The smallest absolute Gasteiger partial charge is 0.410 e. The predicted molar refractivity (Wildman–Crippen MR) is 338 cm³/mol. The molecule has 0 saturated carbocycles. The van der Waals surface area contributed by atoms with Crippen LogP contribution in [-0.4, -0.2) is 214 Å². The van der Waals surface area contributed by atoms with Crippen molar-refractivity contribution in [2.24, 2.45) is 16.5 Å². The van der Waals surface area contributed by atoms with Crippen molar-refractivity contribution < 1.29 is 98.7 Å². The number of guanidine groups is 1. The van der Waals surface area contributed by atoms with Crippen LogP contribution in [0.5, 0.6) is 5.75 Å². The van der Waals surface area contributed by atoms with Gasteiger partial charge >= 0.3 is 18.0 Å². The molecule has 2 aromatic carbocycles. The van der Waals surface area contributed by atoms with Gasteiger partial charge in [-0.25, -0.2) is 23.4 Å². The number of aromatic amines is 1. The van der Waals surface area contributed by atoms with Gasteiger partial charge < -0.3 is 88.4 Å². The number of carbonyl (C=O) groups excluding carboxylic acids is 4. The third-order valence-electron chi connectivity index (χ3n) is 15.3. The van der Waals surface area contributed by atoms with Crippen molar-refractivity contribution >= 4 is 64.1 Å². The van der Waals surface area contributed by atoms with E-state index < -0.39 is 76.4 Å². The molecule has 0 unspecified atom stereocenters. The second-order valence-corrected chi connectivity index (χ2v) is 23.5. The normalized spacial score (nSPS) is 14.0. The third-order valence-corrected chi connectivity index (χ3v) is 15.6. The zero-order chi connectivity index (χ0) is 68.9. The van der Waals surface area contributed by atoms with Crippen molar-refractivity contribution in [3.05, 3.63) is 94.3 Å². The van der Waals surface area contributed by atoms with E-state index in [1.807, 2.05) is 29.1 Å². The lowest BCUT2D eigenvalue weighted by molar-refractivity contribution is -0.142. The van der Waals surface area contributed by atoms with Gasteiger partial charge in [0.25, 0.3) is 0 Å². The number of amides is 3. The van der Waals surface area contributed by atoms with Gasteiger partial charge in [0.1, 0.15) is 17.5 Å². The molecular formula is C63H86ClF4N11O17. The van der Waals surface area contributed by atoms with Gasteiger partial charge in [0, 0.05) is 56.3 Å². The minimum absolute atomic E-state index is 0.0139. The summed E-state index contributed by atoms with van der Waals surface area (Å²) in [6, 6.07) is 6.24. The van der Waals surface area contributed by atoms with Crippen LogP contribution in [0.3, 0.4) is 0 Å². The molecule has 1 fully saturated rings. The highest BCUT2D eigenvalue weighted by molar-refractivity contribution is 6.31. The first-order chi connectivity index (χ1) is 46.2. The lowest BCUT2D eigenvalue weighted by Gasteiger charge is -2.39. The number of likely N-dealkylation sites (tertiary alicyclic amines) is 1. The van der Waals surface area contributed by atoms with Crippen LogP contribution in [0.15, 0.2) is 53.9 Å². The standard InChI is InChI=1S/C63H86ClF4N11O17/c1-62(2,38-53(80)74-48(58(82)83)6-5-13-72-60(69)70)96-61(85)76-16-11-63(12-17-76)45-9-14-71-39-51(45)79(59(63)84)41-52-73-49-36-43(64)7-8-50(49)78(52)15-3-4-19-86-22-25-89-28-31-92-32-33-93-34-35-94-42-44-40-77(75-44)18-21-88-24-27-91-30-29-90-26-23-87-20-10-54(81)95-57-55(67)46(65)37-47(66)56(57)68/h7-9,14,36-37,39-40,48,75H,3-6,10-13,15-35,38,41-42H2,1-2H3,(H,74,80)(H,82,83)(H4,69,70,72)/t48-/m0/s1. The molecule has 0 bridgehead atoms. The first-order valence-electron chi connectivity index (χ1n) is 31.7. The fourth-order valence-corrected chi connectivity index (χ4v) is 10.7. The third kappa shape index (κ3) is 23.6. The topological polar surface area (TPSA) is 341 Å². The van der Waals surface area contributed by atoms with Crippen molar-refractivity contribution in [3.8, 4) is 5.75 Å². The van der Waals surface area contributed by atoms with Gasteiger partial charge in [-0.3, -0.25) is 34.1 Å². The Morgan fingerprint density at radius 2 is 1.35 bits per heavy atom. The number of imidazole rings is 1. The average Bonchev–Trinajstić information content (AvgIpc) is 1.57. The molecule has 5 aromatic rings. The summed E-state index contributed by atoms with van der Waals surface area (Å²) in [5, 5.41) is 15.9. The molecule has 2 aliphatic heterocycles. The number of rotatable bonds is 46. The summed E-state index contributed by atoms with van der Waals surface area (Å²) in [4.78, 5) is 81.4. The van der Waals surface area contributed by atoms with Gasteiger partial charge in [-0.1, -0.05) is 11.6 Å². The number of piperidine rings is 1. The largest absolute Gasteiger partial charge is 0.480 e. The number of pyridine rings is 1. The van der Waals surface area contributed by atoms with Gasteiger partial charge in [-0.15, -0.1) is 0 Å². The van der Waals surface area contributed by atoms with E-state index in [2.05, 4.69) is 29.7 Å². The highest BCUT2D eigenvalue weighted by Gasteiger charge is 2.53. The molecule has 28 nitrogen and oxygen atoms in total. The number of hydrogen-bond donors (Lipinski definition) is 5. The Morgan fingerprint density at radius 1 is 0.771 bits per heavy atom. The molecule has 3 amide bonds. The number of hydrogen-bond acceptors (Lipinski definition) is 19. The molecule has 2 aliphatic rings. The summed E-state index contributed by atoms with van der Waals surface area (Å²) in [7, 11) is 0. The van der Waals surface area contributed by atoms with Crippen LogP contribution in [0.2, 0.25) is 5.02 Å². The minimum atomic E-state index is -1.80. The summed E-state index contributed by atoms with van der Waals surface area (Å²) >= 11 is 6.43. The average molecular weight is 1380 g/mol. The zero-order valence-electron chi connectivity index (χ0n) is 54.0. The van der Waals surface area contributed by atoms with Crippen LogP contribution >= 0.6 is 11.6 Å². The van der Waals surface area contributed by atoms with Crippen molar-refractivity contribution in [3.63, 3.8) is 0 Å². The van der Waals surface area contributed by atoms with E-state index in [1.54, 1.807) is 37.2 Å². The number of aliphatic carboxylic acids is 1. The summed E-state index contributed by atoms with van der Waals surface area (Å²) < 4.78 is 118. The maximum atomic E-state index is 14.8. The maximum absolute atomic E-state index is 14.8. The number of anilines is 1. The van der Waals surface area contributed by atoms with Crippen molar-refractivity contribution in [2.75, 3.05) is 137 Å². The van der Waals surface area contributed by atoms with Gasteiger partial charge in [0.15, 0.2) is 17.6 Å². The molecule has 96 heavy (non-hydrogen) atoms. The van der Waals surface area contributed by atoms with E-state index >= 15 is 0 Å². The Balaban J connectivity index is 0.671. The number of aryl methyl sites for hydroxylation is 1. The molecule has 5 heterocycles. The van der Waals surface area contributed by atoms with Crippen LogP contribution in [-0.2, 0) is 98.2 Å². The van der Waals surface area contributed by atoms with Crippen LogP contribution in [0, 0.1) is 23.3 Å². The molecule has 1 atom stereocenters. The van der Waals surface area contributed by atoms with Crippen LogP contribution < -0.4 is 26.4 Å². The Morgan fingerprint density at radius 3 is 1.96 bits per heavy atom. The number of nitrogens with two attached hydrogens (primary N) is 2. The van der Waals surface area contributed by atoms with Crippen LogP contribution in [0.1, 0.15) is 82.3 Å². The Kier molecular flexibility index (Phi) is 30.8. The summed E-state index contributed by atoms with van der Waals surface area (Å²) in [6.45, 7) is 11.4. The fraction of sp³-hybridized carbons (Fsp3) is 0.587. The van der Waals surface area contributed by atoms with E-state index in [4.69, 9.17) is 75.4 Å². The Hall–Kier alpha value is -7.53. The molecule has 1 saturated heterocycles. The van der Waals surface area contributed by atoms with E-state index in [0.717, 1.165) is 29.6 Å². The summed E-state index contributed by atoms with van der Waals surface area (Å²) in [5.74, 6) is -10.9. The number of fused-ring (bicyclic) bond motifs is 3. The zero-order valence-corrected chi connectivity index (χ0v) is 54.7. The predicted octanol–water partition coefficient (Wildman–Crippen LogP) is 5.70.